The normalized spacial score (nSPS) is 26.6. The van der Waals surface area contributed by atoms with E-state index in [9.17, 15) is 4.79 Å². The molecule has 0 aromatic rings. The van der Waals surface area contributed by atoms with E-state index < -0.39 is 0 Å². The Hall–Kier alpha value is -0.570. The second-order valence-electron chi connectivity index (χ2n) is 5.94. The zero-order chi connectivity index (χ0) is 12.6. The van der Waals surface area contributed by atoms with Crippen molar-refractivity contribution < 1.29 is 4.79 Å². The minimum Gasteiger partial charge on any atom is -0.353 e. The molecule has 0 bridgehead atoms. The minimum atomic E-state index is 0.272. The van der Waals surface area contributed by atoms with E-state index in [4.69, 9.17) is 0 Å². The average molecular weight is 252 g/mol. The van der Waals surface area contributed by atoms with Crippen molar-refractivity contribution in [2.24, 2.45) is 0 Å². The van der Waals surface area contributed by atoms with Crippen molar-refractivity contribution in [1.29, 1.82) is 0 Å². The monoisotopic (exact) mass is 252 g/mol. The summed E-state index contributed by atoms with van der Waals surface area (Å²) in [6.45, 7) is 1.13. The molecule has 1 unspecified atom stereocenters. The van der Waals surface area contributed by atoms with E-state index >= 15 is 0 Å². The summed E-state index contributed by atoms with van der Waals surface area (Å²) in [5.74, 6) is 0.272. The largest absolute Gasteiger partial charge is 0.353 e. The number of carbonyl (C=O) groups is 1. The van der Waals surface area contributed by atoms with E-state index in [1.807, 2.05) is 0 Å². The molecule has 18 heavy (non-hydrogen) atoms. The number of hydrogen-bond donors (Lipinski definition) is 2. The summed E-state index contributed by atoms with van der Waals surface area (Å²) in [4.78, 5) is 11.9. The smallest absolute Gasteiger partial charge is 0.220 e. The Morgan fingerprint density at radius 1 is 1.00 bits per heavy atom. The van der Waals surface area contributed by atoms with Gasteiger partial charge in [-0.15, -0.1) is 0 Å². The van der Waals surface area contributed by atoms with E-state index in [0.29, 0.717) is 18.5 Å². The third kappa shape index (κ3) is 4.97. The van der Waals surface area contributed by atoms with Crippen LogP contribution in [0, 0.1) is 0 Å². The molecular weight excluding hydrogens is 224 g/mol. The van der Waals surface area contributed by atoms with Crippen LogP contribution in [0.25, 0.3) is 0 Å². The van der Waals surface area contributed by atoms with Gasteiger partial charge in [0.1, 0.15) is 0 Å². The first-order valence-electron chi connectivity index (χ1n) is 7.87. The number of amides is 1. The molecule has 1 heterocycles. The van der Waals surface area contributed by atoms with Crippen LogP contribution in [0.2, 0.25) is 0 Å². The maximum absolute atomic E-state index is 11.9. The highest BCUT2D eigenvalue weighted by Crippen LogP contribution is 2.17. The van der Waals surface area contributed by atoms with Crippen LogP contribution >= 0.6 is 0 Å². The maximum atomic E-state index is 11.9. The molecule has 0 spiro atoms. The first-order chi connectivity index (χ1) is 8.84. The van der Waals surface area contributed by atoms with Crippen molar-refractivity contribution >= 4 is 5.91 Å². The molecule has 0 aromatic carbocycles. The Morgan fingerprint density at radius 2 is 1.72 bits per heavy atom. The second-order valence-corrected chi connectivity index (χ2v) is 5.94. The summed E-state index contributed by atoms with van der Waals surface area (Å²) in [6.07, 6.45) is 13.3. The van der Waals surface area contributed by atoms with Gasteiger partial charge in [0.25, 0.3) is 0 Å². The van der Waals surface area contributed by atoms with Gasteiger partial charge in [0, 0.05) is 18.5 Å². The molecule has 2 rings (SSSR count). The maximum Gasteiger partial charge on any atom is 0.220 e. The van der Waals surface area contributed by atoms with Crippen LogP contribution < -0.4 is 10.6 Å². The molecular formula is C15H28N2O. The van der Waals surface area contributed by atoms with Gasteiger partial charge in [0.2, 0.25) is 5.91 Å². The van der Waals surface area contributed by atoms with Crippen LogP contribution in [0.1, 0.15) is 70.6 Å². The molecule has 1 aliphatic carbocycles. The Kier molecular flexibility index (Phi) is 5.98. The van der Waals surface area contributed by atoms with Crippen LogP contribution in [0.3, 0.4) is 0 Å². The number of hydrogen-bond acceptors (Lipinski definition) is 2. The Balaban J connectivity index is 1.62. The van der Waals surface area contributed by atoms with E-state index in [-0.39, 0.29) is 5.91 Å². The summed E-state index contributed by atoms with van der Waals surface area (Å²) >= 11 is 0. The van der Waals surface area contributed by atoms with Gasteiger partial charge >= 0.3 is 0 Å². The van der Waals surface area contributed by atoms with Gasteiger partial charge in [-0.25, -0.2) is 0 Å². The molecule has 1 aliphatic heterocycles. The standard InChI is InChI=1S/C15H28N2O/c18-15(11-10-13-9-6-12-16-13)17-14-7-4-2-1-3-5-8-14/h13-14,16H,1-12H2,(H,17,18). The third-order valence-corrected chi connectivity index (χ3v) is 4.35. The van der Waals surface area contributed by atoms with Crippen molar-refractivity contribution in [1.82, 2.24) is 10.6 Å². The number of nitrogens with one attached hydrogen (secondary N) is 2. The molecule has 2 fully saturated rings. The van der Waals surface area contributed by atoms with Crippen molar-refractivity contribution in [3.8, 4) is 0 Å². The van der Waals surface area contributed by atoms with Gasteiger partial charge in [-0.05, 0) is 38.6 Å². The molecule has 1 saturated heterocycles. The minimum absolute atomic E-state index is 0.272. The number of rotatable bonds is 4. The Morgan fingerprint density at radius 3 is 2.39 bits per heavy atom. The lowest BCUT2D eigenvalue weighted by Crippen LogP contribution is -2.36. The lowest BCUT2D eigenvalue weighted by Gasteiger charge is -2.21. The third-order valence-electron chi connectivity index (χ3n) is 4.35. The molecule has 3 nitrogen and oxygen atoms in total. The van der Waals surface area contributed by atoms with Crippen LogP contribution in [0.5, 0.6) is 0 Å². The van der Waals surface area contributed by atoms with E-state index in [1.165, 1.54) is 57.8 Å². The predicted molar refractivity (Wildman–Crippen MR) is 74.5 cm³/mol. The summed E-state index contributed by atoms with van der Waals surface area (Å²) in [6, 6.07) is 1.04. The lowest BCUT2D eigenvalue weighted by atomic mass is 9.96. The van der Waals surface area contributed by atoms with Gasteiger partial charge in [-0.2, -0.15) is 0 Å². The van der Waals surface area contributed by atoms with Crippen molar-refractivity contribution in [2.75, 3.05) is 6.54 Å². The van der Waals surface area contributed by atoms with Crippen molar-refractivity contribution in [3.05, 3.63) is 0 Å². The first-order valence-corrected chi connectivity index (χ1v) is 7.87. The van der Waals surface area contributed by atoms with Gasteiger partial charge in [-0.3, -0.25) is 4.79 Å². The van der Waals surface area contributed by atoms with Crippen LogP contribution in [-0.2, 0) is 4.79 Å². The zero-order valence-corrected chi connectivity index (χ0v) is 11.5. The molecule has 104 valence electrons. The second kappa shape index (κ2) is 7.78. The molecule has 3 heteroatoms. The highest BCUT2D eigenvalue weighted by atomic mass is 16.1. The van der Waals surface area contributed by atoms with E-state index in [2.05, 4.69) is 10.6 Å². The van der Waals surface area contributed by atoms with E-state index in [0.717, 1.165) is 13.0 Å². The Labute approximate surface area is 111 Å². The molecule has 0 radical (unpaired) electrons. The molecule has 0 aromatic heterocycles. The number of carbonyl (C=O) groups excluding carboxylic acids is 1. The Bertz CT molecular complexity index is 241. The molecule has 2 aliphatic rings. The fourth-order valence-corrected chi connectivity index (χ4v) is 3.21. The predicted octanol–water partition coefficient (Wildman–Crippen LogP) is 2.75. The molecule has 1 atom stereocenters. The lowest BCUT2D eigenvalue weighted by molar-refractivity contribution is -0.122. The van der Waals surface area contributed by atoms with Gasteiger partial charge < -0.3 is 10.6 Å². The summed E-state index contributed by atoms with van der Waals surface area (Å²) < 4.78 is 0. The quantitative estimate of drug-likeness (QED) is 0.808. The average Bonchev–Trinajstić information content (AvgIpc) is 2.83. The van der Waals surface area contributed by atoms with E-state index in [1.54, 1.807) is 0 Å². The van der Waals surface area contributed by atoms with Crippen LogP contribution in [0.4, 0.5) is 0 Å². The van der Waals surface area contributed by atoms with Gasteiger partial charge in [0.05, 0.1) is 0 Å². The van der Waals surface area contributed by atoms with Crippen molar-refractivity contribution in [2.45, 2.75) is 82.7 Å². The molecule has 1 saturated carbocycles. The van der Waals surface area contributed by atoms with Crippen molar-refractivity contribution in [3.63, 3.8) is 0 Å². The molecule has 1 amide bonds. The van der Waals surface area contributed by atoms with Crippen LogP contribution in [-0.4, -0.2) is 24.5 Å². The first kappa shape index (κ1) is 13.9. The fraction of sp³-hybridized carbons (Fsp3) is 0.933. The summed E-state index contributed by atoms with van der Waals surface area (Å²) in [7, 11) is 0. The summed E-state index contributed by atoms with van der Waals surface area (Å²) in [5, 5.41) is 6.70. The van der Waals surface area contributed by atoms with Gasteiger partial charge in [0.15, 0.2) is 0 Å². The fourth-order valence-electron chi connectivity index (χ4n) is 3.21. The van der Waals surface area contributed by atoms with Crippen LogP contribution in [0.15, 0.2) is 0 Å². The SMILES string of the molecule is O=C(CCC1CCCN1)NC1CCCCCCC1. The highest BCUT2D eigenvalue weighted by Gasteiger charge is 2.17. The van der Waals surface area contributed by atoms with Gasteiger partial charge in [-0.1, -0.05) is 32.1 Å². The highest BCUT2D eigenvalue weighted by molar-refractivity contribution is 5.76. The molecule has 2 N–H and O–H groups in total. The zero-order valence-electron chi connectivity index (χ0n) is 11.5. The summed E-state index contributed by atoms with van der Waals surface area (Å²) in [5.41, 5.74) is 0. The topological polar surface area (TPSA) is 41.1 Å².